The van der Waals surface area contributed by atoms with Gasteiger partial charge in [0.1, 0.15) is 0 Å². The molecule has 0 bridgehead atoms. The first-order valence-electron chi connectivity index (χ1n) is 14.8. The van der Waals surface area contributed by atoms with Crippen molar-refractivity contribution in [1.29, 1.82) is 0 Å². The van der Waals surface area contributed by atoms with E-state index in [4.69, 9.17) is 4.74 Å². The first kappa shape index (κ1) is 31.3. The summed E-state index contributed by atoms with van der Waals surface area (Å²) in [6.07, 6.45) is 1.65. The summed E-state index contributed by atoms with van der Waals surface area (Å²) in [4.78, 5) is 57.9. The number of nitrogens with zero attached hydrogens (tertiary/aromatic N) is 3. The Morgan fingerprint density at radius 2 is 1.49 bits per heavy atom. The van der Waals surface area contributed by atoms with Crippen LogP contribution in [0.5, 0.6) is 0 Å². The molecule has 0 unspecified atom stereocenters. The average molecular weight is 608 g/mol. The Balaban J connectivity index is 1.34. The van der Waals surface area contributed by atoms with Gasteiger partial charge in [0.15, 0.2) is 11.6 Å². The van der Waals surface area contributed by atoms with Crippen LogP contribution in [0.25, 0.3) is 11.3 Å². The summed E-state index contributed by atoms with van der Waals surface area (Å²) < 4.78 is 6.78. The zero-order valence-electron chi connectivity index (χ0n) is 26.1. The monoisotopic (exact) mass is 607 g/mol. The minimum Gasteiger partial charge on any atom is -0.378 e. The van der Waals surface area contributed by atoms with Crippen molar-refractivity contribution < 1.29 is 19.1 Å². The number of benzene rings is 3. The zero-order chi connectivity index (χ0) is 32.3. The van der Waals surface area contributed by atoms with Crippen LogP contribution < -0.4 is 16.2 Å². The lowest BCUT2D eigenvalue weighted by Gasteiger charge is -2.26. The predicted molar refractivity (Wildman–Crippen MR) is 174 cm³/mol. The maximum Gasteiger partial charge on any atom is 0.293 e. The number of ketones is 1. The quantitative estimate of drug-likeness (QED) is 0.268. The number of aromatic nitrogens is 2. The van der Waals surface area contributed by atoms with Crippen molar-refractivity contribution in [3.8, 4) is 11.3 Å². The molecule has 0 saturated carbocycles. The van der Waals surface area contributed by atoms with E-state index < -0.39 is 5.41 Å². The first-order valence-corrected chi connectivity index (χ1v) is 14.8. The molecule has 10 nitrogen and oxygen atoms in total. The molecule has 0 aliphatic carbocycles. The average Bonchev–Trinajstić information content (AvgIpc) is 3.04. The second-order valence-electron chi connectivity index (χ2n) is 12.1. The summed E-state index contributed by atoms with van der Waals surface area (Å²) in [5, 5.41) is 6.06. The largest absolute Gasteiger partial charge is 0.378 e. The highest BCUT2D eigenvalue weighted by Gasteiger charge is 2.23. The standard InChI is InChI=1S/C35H37N5O5/c1-22-27(7-6-8-28(22)38-32(42)24-11-9-23(10-12-24)30(41)35(2,3)4)29-21-39(5)34(44)31(37-29)36-26-15-13-25(14-16-26)33(43)40-17-19-45-20-18-40/h6-16,21H,17-20H2,1-5H3,(H,36,37)(H,38,42). The lowest BCUT2D eigenvalue weighted by atomic mass is 9.86. The van der Waals surface area contributed by atoms with Gasteiger partial charge in [-0.3, -0.25) is 19.2 Å². The van der Waals surface area contributed by atoms with E-state index in [1.807, 2.05) is 39.8 Å². The normalized spacial score (nSPS) is 13.3. The van der Waals surface area contributed by atoms with E-state index in [-0.39, 0.29) is 29.0 Å². The Labute approximate surface area is 262 Å². The van der Waals surface area contributed by atoms with Gasteiger partial charge in [-0.1, -0.05) is 45.0 Å². The number of ether oxygens (including phenoxy) is 1. The fourth-order valence-electron chi connectivity index (χ4n) is 5.05. The van der Waals surface area contributed by atoms with Crippen LogP contribution in [0, 0.1) is 12.3 Å². The number of amides is 2. The zero-order valence-corrected chi connectivity index (χ0v) is 26.1. The van der Waals surface area contributed by atoms with Crippen molar-refractivity contribution in [2.45, 2.75) is 27.7 Å². The third-order valence-electron chi connectivity index (χ3n) is 7.71. The molecular weight excluding hydrogens is 570 g/mol. The van der Waals surface area contributed by atoms with E-state index in [1.165, 1.54) is 4.57 Å². The van der Waals surface area contributed by atoms with Gasteiger partial charge in [-0.2, -0.15) is 0 Å². The molecule has 1 saturated heterocycles. The molecule has 5 rings (SSSR count). The first-order chi connectivity index (χ1) is 21.4. The van der Waals surface area contributed by atoms with Crippen LogP contribution in [-0.4, -0.2) is 58.4 Å². The van der Waals surface area contributed by atoms with Gasteiger partial charge in [0.25, 0.3) is 17.4 Å². The maximum atomic E-state index is 13.1. The highest BCUT2D eigenvalue weighted by molar-refractivity contribution is 6.06. The molecule has 0 atom stereocenters. The number of Topliss-reactive ketones (excluding diaryl/α,β-unsaturated/α-hetero) is 1. The van der Waals surface area contributed by atoms with Crippen molar-refractivity contribution in [1.82, 2.24) is 14.5 Å². The SMILES string of the molecule is Cc1c(NC(=O)c2ccc(C(=O)C(C)(C)C)cc2)cccc1-c1cn(C)c(=O)c(Nc2ccc(C(=O)N3CCOCC3)cc2)n1. The highest BCUT2D eigenvalue weighted by atomic mass is 16.5. The Morgan fingerprint density at radius 1 is 0.867 bits per heavy atom. The molecule has 45 heavy (non-hydrogen) atoms. The molecule has 1 aliphatic rings. The minimum absolute atomic E-state index is 0.00696. The van der Waals surface area contributed by atoms with E-state index in [2.05, 4.69) is 15.6 Å². The molecule has 2 amide bonds. The number of rotatable bonds is 7. The molecule has 1 fully saturated rings. The Hall–Kier alpha value is -5.09. The summed E-state index contributed by atoms with van der Waals surface area (Å²) in [7, 11) is 1.65. The van der Waals surface area contributed by atoms with Crippen LogP contribution in [0.3, 0.4) is 0 Å². The second-order valence-corrected chi connectivity index (χ2v) is 12.1. The van der Waals surface area contributed by atoms with E-state index in [0.717, 1.165) is 11.1 Å². The molecule has 1 aliphatic heterocycles. The smallest absolute Gasteiger partial charge is 0.293 e. The topological polar surface area (TPSA) is 123 Å². The van der Waals surface area contributed by atoms with Gasteiger partial charge < -0.3 is 24.8 Å². The third-order valence-corrected chi connectivity index (χ3v) is 7.71. The lowest BCUT2D eigenvalue weighted by Crippen LogP contribution is -2.40. The number of carbonyl (C=O) groups is 3. The van der Waals surface area contributed by atoms with Gasteiger partial charge in [-0.25, -0.2) is 4.98 Å². The second kappa shape index (κ2) is 12.9. The van der Waals surface area contributed by atoms with Crippen LogP contribution in [0.4, 0.5) is 17.2 Å². The molecule has 3 aromatic carbocycles. The minimum atomic E-state index is -0.514. The number of hydrogen-bond acceptors (Lipinski definition) is 7. The molecule has 232 valence electrons. The van der Waals surface area contributed by atoms with Crippen molar-refractivity contribution in [3.05, 3.63) is 106 Å². The van der Waals surface area contributed by atoms with Gasteiger partial charge in [0, 0.05) is 65.4 Å². The lowest BCUT2D eigenvalue weighted by molar-refractivity contribution is 0.0303. The molecule has 4 aromatic rings. The van der Waals surface area contributed by atoms with Crippen molar-refractivity contribution in [2.24, 2.45) is 12.5 Å². The number of morpholine rings is 1. The van der Waals surface area contributed by atoms with Crippen LogP contribution in [0.2, 0.25) is 0 Å². The van der Waals surface area contributed by atoms with Crippen molar-refractivity contribution in [2.75, 3.05) is 36.9 Å². The van der Waals surface area contributed by atoms with Crippen molar-refractivity contribution >= 4 is 34.8 Å². The van der Waals surface area contributed by atoms with E-state index in [0.29, 0.717) is 60.1 Å². The molecule has 0 radical (unpaired) electrons. The number of aryl methyl sites for hydroxylation is 1. The van der Waals surface area contributed by atoms with Crippen LogP contribution in [0.15, 0.2) is 77.7 Å². The van der Waals surface area contributed by atoms with Crippen molar-refractivity contribution in [3.63, 3.8) is 0 Å². The predicted octanol–water partition coefficient (Wildman–Crippen LogP) is 5.45. The molecule has 2 heterocycles. The van der Waals surface area contributed by atoms with Gasteiger partial charge in [0.2, 0.25) is 0 Å². The van der Waals surface area contributed by atoms with E-state index in [9.17, 15) is 19.2 Å². The fraction of sp³-hybridized carbons (Fsp3) is 0.286. The van der Waals surface area contributed by atoms with E-state index >= 15 is 0 Å². The molecular formula is C35H37N5O5. The maximum absolute atomic E-state index is 13.1. The van der Waals surface area contributed by atoms with Gasteiger partial charge in [-0.05, 0) is 55.0 Å². The Morgan fingerprint density at radius 3 is 2.13 bits per heavy atom. The summed E-state index contributed by atoms with van der Waals surface area (Å²) in [5.41, 5.74) is 3.97. The molecule has 0 spiro atoms. The van der Waals surface area contributed by atoms with Crippen LogP contribution in [0.1, 0.15) is 57.4 Å². The van der Waals surface area contributed by atoms with Gasteiger partial charge in [-0.15, -0.1) is 0 Å². The summed E-state index contributed by atoms with van der Waals surface area (Å²) in [6, 6.07) is 19.1. The molecule has 2 N–H and O–H groups in total. The number of nitrogens with one attached hydrogen (secondary N) is 2. The van der Waals surface area contributed by atoms with Crippen LogP contribution in [-0.2, 0) is 11.8 Å². The summed E-state index contributed by atoms with van der Waals surface area (Å²) in [5.74, 6) is -0.235. The van der Waals surface area contributed by atoms with Gasteiger partial charge in [0.05, 0.1) is 18.9 Å². The summed E-state index contributed by atoms with van der Waals surface area (Å²) in [6.45, 7) is 9.63. The fourth-order valence-corrected chi connectivity index (χ4v) is 5.05. The van der Waals surface area contributed by atoms with E-state index in [1.54, 1.807) is 72.7 Å². The molecule has 1 aromatic heterocycles. The summed E-state index contributed by atoms with van der Waals surface area (Å²) >= 11 is 0. The number of hydrogen-bond donors (Lipinski definition) is 2. The molecule has 10 heteroatoms. The highest BCUT2D eigenvalue weighted by Crippen LogP contribution is 2.29. The Kier molecular flexibility index (Phi) is 8.96. The third kappa shape index (κ3) is 7.02. The van der Waals surface area contributed by atoms with Gasteiger partial charge >= 0.3 is 0 Å². The Bertz CT molecular complexity index is 1800. The number of carbonyl (C=O) groups excluding carboxylic acids is 3. The number of anilines is 3. The van der Waals surface area contributed by atoms with Crippen LogP contribution >= 0.6 is 0 Å².